The fourth-order valence-corrected chi connectivity index (χ4v) is 2.84. The third-order valence-electron chi connectivity index (χ3n) is 1.35. The van der Waals surface area contributed by atoms with Crippen LogP contribution in [0.1, 0.15) is 41.5 Å². The Kier molecular flexibility index (Phi) is 24.8. The largest absolute Gasteiger partial charge is 4.00 e. The average molecular weight is 539 g/mol. The number of hydrogen-bond acceptors (Lipinski definition) is 0. The van der Waals surface area contributed by atoms with Crippen molar-refractivity contribution in [2.75, 3.05) is 0 Å². The molecule has 3 N–H and O–H groups in total. The van der Waals surface area contributed by atoms with Gasteiger partial charge in [-0.15, -0.1) is 18.1 Å². The monoisotopic (exact) mass is 541 g/mol. The molecule has 0 saturated heterocycles. The van der Waals surface area contributed by atoms with Crippen molar-refractivity contribution in [1.29, 1.82) is 0 Å². The van der Waals surface area contributed by atoms with E-state index in [4.69, 9.17) is 17.2 Å². The van der Waals surface area contributed by atoms with Crippen molar-refractivity contribution in [1.82, 2.24) is 0 Å². The van der Waals surface area contributed by atoms with Gasteiger partial charge in [0.05, 0.1) is 0 Å². The first-order valence-electron chi connectivity index (χ1n) is 7.35. The summed E-state index contributed by atoms with van der Waals surface area (Å²) < 4.78 is 14.1. The zero-order valence-electron chi connectivity index (χ0n) is 15.4. The summed E-state index contributed by atoms with van der Waals surface area (Å²) in [6.45, 7) is 11.0. The van der Waals surface area contributed by atoms with E-state index in [0.717, 1.165) is 4.40 Å². The van der Waals surface area contributed by atoms with Gasteiger partial charge in [0.15, 0.2) is 0 Å². The van der Waals surface area contributed by atoms with Gasteiger partial charge in [-0.1, -0.05) is 41.5 Å². The second-order valence-corrected chi connectivity index (χ2v) is 13.5. The van der Waals surface area contributed by atoms with E-state index in [9.17, 15) is 3.50 Å². The molecule has 0 aromatic heterocycles. The van der Waals surface area contributed by atoms with Gasteiger partial charge in [-0.2, -0.15) is 0 Å². The van der Waals surface area contributed by atoms with Crippen LogP contribution in [0.4, 0.5) is 3.50 Å². The predicted molar refractivity (Wildman–Crippen MR) is 98.6 cm³/mol. The molecule has 6 heteroatoms. The van der Waals surface area contributed by atoms with Gasteiger partial charge in [0.2, 0.25) is 0 Å². The number of hydrogen-bond donors (Lipinski definition) is 0. The Hall–Kier alpha value is 0.573. The van der Waals surface area contributed by atoms with Crippen LogP contribution in [0.2, 0.25) is 11.5 Å². The predicted octanol–water partition coefficient (Wildman–Crippen LogP) is 6.13. The van der Waals surface area contributed by atoms with Crippen LogP contribution in [0.15, 0.2) is 24.3 Å². The SMILES string of the molecule is CC(C)[NH-].CC(C)[NH-].CC(C)[NH-].[CH3][Ge]([CH3])([F])[c-]1cccc1.[Hf+4]. The van der Waals surface area contributed by atoms with Crippen LogP contribution in [0.5, 0.6) is 0 Å². The van der Waals surface area contributed by atoms with Crippen LogP contribution < -0.4 is 4.40 Å². The average Bonchev–Trinajstić information content (AvgIpc) is 2.64. The molecule has 1 rings (SSSR count). The van der Waals surface area contributed by atoms with Gasteiger partial charge in [-0.25, -0.2) is 0 Å². The molecule has 0 bridgehead atoms. The molecule has 0 unspecified atom stereocenters. The minimum absolute atomic E-state index is 0. The second kappa shape index (κ2) is 17.9. The molecule has 0 saturated carbocycles. The van der Waals surface area contributed by atoms with Gasteiger partial charge < -0.3 is 17.2 Å². The molecule has 1 aromatic rings. The zero-order valence-corrected chi connectivity index (χ0v) is 21.1. The molecule has 0 aliphatic rings. The summed E-state index contributed by atoms with van der Waals surface area (Å²) in [6, 6.07) is 7.78. The molecular formula is C16H34FGeHfN3. The summed E-state index contributed by atoms with van der Waals surface area (Å²) >= 11 is -2.94. The summed E-state index contributed by atoms with van der Waals surface area (Å²) in [4.78, 5) is 0. The normalized spacial score (nSPS) is 9.77. The van der Waals surface area contributed by atoms with Gasteiger partial charge in [0.25, 0.3) is 0 Å². The molecular weight excluding hydrogens is 504 g/mol. The van der Waals surface area contributed by atoms with Crippen LogP contribution in [-0.4, -0.2) is 31.9 Å². The molecule has 0 amide bonds. The molecule has 128 valence electrons. The summed E-state index contributed by atoms with van der Waals surface area (Å²) in [7, 11) is 0. The van der Waals surface area contributed by atoms with Crippen molar-refractivity contribution in [3.63, 3.8) is 0 Å². The third-order valence-corrected chi connectivity index (χ3v) is 4.93. The number of halogens is 1. The Bertz CT molecular complexity index is 274. The minimum Gasteiger partial charge on any atom is 4.00 e. The molecule has 0 fully saturated rings. The van der Waals surface area contributed by atoms with Crippen molar-refractivity contribution >= 4 is 18.1 Å². The Morgan fingerprint density at radius 3 is 1.05 bits per heavy atom. The Morgan fingerprint density at radius 1 is 0.773 bits per heavy atom. The smallest absolute Gasteiger partial charge is 4.00 e. The van der Waals surface area contributed by atoms with Gasteiger partial charge in [0, 0.05) is 0 Å². The molecule has 22 heavy (non-hydrogen) atoms. The van der Waals surface area contributed by atoms with E-state index in [0.29, 0.717) is 0 Å². The molecule has 0 aliphatic carbocycles. The molecule has 0 aliphatic heterocycles. The first kappa shape index (κ1) is 30.5. The Balaban J connectivity index is -0.000000107. The van der Waals surface area contributed by atoms with Crippen molar-refractivity contribution in [3.8, 4) is 0 Å². The first-order chi connectivity index (χ1) is 9.30. The Morgan fingerprint density at radius 2 is 0.955 bits per heavy atom. The molecule has 0 radical (unpaired) electrons. The van der Waals surface area contributed by atoms with Gasteiger partial charge in [0.1, 0.15) is 0 Å². The maximum atomic E-state index is 13.1. The quantitative estimate of drug-likeness (QED) is 0.305. The van der Waals surface area contributed by atoms with E-state index in [1.807, 2.05) is 65.8 Å². The van der Waals surface area contributed by atoms with Crippen LogP contribution >= 0.6 is 0 Å². The van der Waals surface area contributed by atoms with Crippen molar-refractivity contribution in [3.05, 3.63) is 41.5 Å². The van der Waals surface area contributed by atoms with Gasteiger partial charge in [-0.05, 0) is 0 Å². The van der Waals surface area contributed by atoms with Crippen LogP contribution in [0, 0.1) is 0 Å². The summed E-state index contributed by atoms with van der Waals surface area (Å²) in [5, 5.41) is 0. The standard InChI is InChI=1S/C7H10FGe.3C3H8N.Hf/c1-9(2,8)7-5-3-4-6-7;3*1-3(2)4;/h3-6H,1-2H3;3*3-4H,1-2H3;/q4*-1;+4. The van der Waals surface area contributed by atoms with E-state index < -0.39 is 13.7 Å². The molecule has 3 nitrogen and oxygen atoms in total. The maximum Gasteiger partial charge on any atom is 4.00 e. The number of nitrogens with one attached hydrogen (secondary N) is 3. The van der Waals surface area contributed by atoms with E-state index in [-0.39, 0.29) is 44.0 Å². The molecule has 0 spiro atoms. The van der Waals surface area contributed by atoms with Crippen LogP contribution in [-0.2, 0) is 25.8 Å². The summed E-state index contributed by atoms with van der Waals surface area (Å²) in [5.41, 5.74) is 19.8. The fourth-order valence-electron chi connectivity index (χ4n) is 0.770. The van der Waals surface area contributed by atoms with Crippen molar-refractivity contribution in [2.24, 2.45) is 0 Å². The van der Waals surface area contributed by atoms with Crippen LogP contribution in [0.25, 0.3) is 17.2 Å². The van der Waals surface area contributed by atoms with Crippen molar-refractivity contribution in [2.45, 2.75) is 71.2 Å². The first-order valence-corrected chi connectivity index (χ1v) is 13.4. The Labute approximate surface area is 159 Å². The van der Waals surface area contributed by atoms with Gasteiger partial charge in [-0.3, -0.25) is 0 Å². The van der Waals surface area contributed by atoms with Gasteiger partial charge >= 0.3 is 83.2 Å². The second-order valence-electron chi connectivity index (χ2n) is 6.11. The molecule has 1 aromatic carbocycles. The maximum absolute atomic E-state index is 13.1. The molecule has 0 heterocycles. The topological polar surface area (TPSA) is 71.4 Å². The fraction of sp³-hybridized carbons (Fsp3) is 0.688. The minimum atomic E-state index is -2.94. The third kappa shape index (κ3) is 42.8. The van der Waals surface area contributed by atoms with Crippen LogP contribution in [0.3, 0.4) is 0 Å². The number of rotatable bonds is 1. The van der Waals surface area contributed by atoms with E-state index >= 15 is 0 Å². The molecule has 0 atom stereocenters. The zero-order chi connectivity index (χ0) is 17.6. The van der Waals surface area contributed by atoms with Crippen molar-refractivity contribution < 1.29 is 29.3 Å². The van der Waals surface area contributed by atoms with E-state index in [1.165, 1.54) is 0 Å². The van der Waals surface area contributed by atoms with E-state index in [2.05, 4.69) is 0 Å². The summed E-state index contributed by atoms with van der Waals surface area (Å²) in [6.07, 6.45) is 0. The summed E-state index contributed by atoms with van der Waals surface area (Å²) in [5.74, 6) is 3.49. The van der Waals surface area contributed by atoms with E-state index in [1.54, 1.807) is 11.5 Å².